The molecule has 1 saturated heterocycles. The molecule has 0 bridgehead atoms. The van der Waals surface area contributed by atoms with Gasteiger partial charge in [-0.3, -0.25) is 9.59 Å². The molecule has 1 unspecified atom stereocenters. The smallest absolute Gasteiger partial charge is 0.222 e. The van der Waals surface area contributed by atoms with Gasteiger partial charge in [-0.25, -0.2) is 0 Å². The van der Waals surface area contributed by atoms with E-state index < -0.39 is 0 Å². The van der Waals surface area contributed by atoms with Gasteiger partial charge in [0.05, 0.1) is 0 Å². The first kappa shape index (κ1) is 19.2. The molecular weight excluding hydrogens is 302 g/mol. The first-order valence-corrected chi connectivity index (χ1v) is 8.32. The Morgan fingerprint density at radius 3 is 2.55 bits per heavy atom. The first-order chi connectivity index (χ1) is 10.0. The van der Waals surface area contributed by atoms with Gasteiger partial charge in [0.15, 0.2) is 0 Å². The Bertz CT molecular complexity index is 384. The lowest BCUT2D eigenvalue weighted by Crippen LogP contribution is -2.45. The minimum atomic E-state index is 0. The molecule has 0 spiro atoms. The van der Waals surface area contributed by atoms with Gasteiger partial charge in [0.25, 0.3) is 0 Å². The SMILES string of the molecule is CC(CN1CCCC1=O)NC(=O)CC1(CN)CCCCC1.Cl. The molecule has 1 atom stereocenters. The Balaban J connectivity index is 0.00000242. The van der Waals surface area contributed by atoms with Gasteiger partial charge in [0.1, 0.15) is 0 Å². The third-order valence-electron chi connectivity index (χ3n) is 4.96. The fourth-order valence-corrected chi connectivity index (χ4v) is 3.69. The first-order valence-electron chi connectivity index (χ1n) is 8.32. The van der Waals surface area contributed by atoms with Gasteiger partial charge in [-0.2, -0.15) is 0 Å². The van der Waals surface area contributed by atoms with Gasteiger partial charge < -0.3 is 16.0 Å². The Kier molecular flexibility index (Phi) is 7.63. The Morgan fingerprint density at radius 2 is 2.00 bits per heavy atom. The number of hydrogen-bond acceptors (Lipinski definition) is 3. The number of carbonyl (C=O) groups excluding carboxylic acids is 2. The van der Waals surface area contributed by atoms with Crippen molar-refractivity contribution in [3.05, 3.63) is 0 Å². The summed E-state index contributed by atoms with van der Waals surface area (Å²) in [5.74, 6) is 0.295. The summed E-state index contributed by atoms with van der Waals surface area (Å²) in [6, 6.07) is 0.0120. The number of rotatable bonds is 6. The second-order valence-corrected chi connectivity index (χ2v) is 6.85. The highest BCUT2D eigenvalue weighted by atomic mass is 35.5. The predicted octanol–water partition coefficient (Wildman–Crippen LogP) is 1.83. The Morgan fingerprint density at radius 1 is 1.32 bits per heavy atom. The lowest BCUT2D eigenvalue weighted by molar-refractivity contribution is -0.129. The van der Waals surface area contributed by atoms with Crippen LogP contribution in [0.2, 0.25) is 0 Å². The number of amides is 2. The van der Waals surface area contributed by atoms with Crippen molar-refractivity contribution in [1.29, 1.82) is 0 Å². The standard InChI is InChI=1S/C16H29N3O2.ClH/c1-13(11-19-9-5-6-15(19)21)18-14(20)10-16(12-17)7-3-2-4-8-16;/h13H,2-12,17H2,1H3,(H,18,20);1H. The van der Waals surface area contributed by atoms with Crippen LogP contribution >= 0.6 is 12.4 Å². The average molecular weight is 332 g/mol. The van der Waals surface area contributed by atoms with Crippen molar-refractivity contribution in [1.82, 2.24) is 10.2 Å². The summed E-state index contributed by atoms with van der Waals surface area (Å²) in [4.78, 5) is 25.7. The van der Waals surface area contributed by atoms with E-state index in [9.17, 15) is 9.59 Å². The maximum absolute atomic E-state index is 12.3. The van der Waals surface area contributed by atoms with Crippen LogP contribution in [0, 0.1) is 5.41 Å². The van der Waals surface area contributed by atoms with E-state index in [1.165, 1.54) is 19.3 Å². The van der Waals surface area contributed by atoms with Crippen LogP contribution in [-0.2, 0) is 9.59 Å². The van der Waals surface area contributed by atoms with Crippen molar-refractivity contribution in [3.8, 4) is 0 Å². The van der Waals surface area contributed by atoms with Crippen molar-refractivity contribution in [2.45, 2.75) is 64.3 Å². The topological polar surface area (TPSA) is 75.4 Å². The van der Waals surface area contributed by atoms with Gasteiger partial charge >= 0.3 is 0 Å². The molecule has 2 amide bonds. The number of nitrogens with zero attached hydrogens (tertiary/aromatic N) is 1. The van der Waals surface area contributed by atoms with Crippen LogP contribution in [0.3, 0.4) is 0 Å². The van der Waals surface area contributed by atoms with E-state index in [-0.39, 0.29) is 35.7 Å². The summed E-state index contributed by atoms with van der Waals surface area (Å²) in [6.07, 6.45) is 7.88. The van der Waals surface area contributed by atoms with E-state index in [0.29, 0.717) is 25.9 Å². The molecule has 0 aromatic carbocycles. The summed E-state index contributed by atoms with van der Waals surface area (Å²) in [5.41, 5.74) is 5.94. The predicted molar refractivity (Wildman–Crippen MR) is 89.9 cm³/mol. The largest absolute Gasteiger partial charge is 0.352 e. The van der Waals surface area contributed by atoms with Crippen LogP contribution in [0.25, 0.3) is 0 Å². The fourth-order valence-electron chi connectivity index (χ4n) is 3.69. The average Bonchev–Trinajstić information content (AvgIpc) is 2.85. The van der Waals surface area contributed by atoms with Crippen LogP contribution in [0.5, 0.6) is 0 Å². The van der Waals surface area contributed by atoms with E-state index in [4.69, 9.17) is 5.73 Å². The van der Waals surface area contributed by atoms with Crippen LogP contribution in [0.4, 0.5) is 0 Å². The number of halogens is 1. The van der Waals surface area contributed by atoms with Gasteiger partial charge in [0.2, 0.25) is 11.8 Å². The molecule has 3 N–H and O–H groups in total. The minimum absolute atomic E-state index is 0. The number of carbonyl (C=O) groups is 2. The van der Waals surface area contributed by atoms with E-state index in [0.717, 1.165) is 25.8 Å². The van der Waals surface area contributed by atoms with Crippen LogP contribution in [0.1, 0.15) is 58.3 Å². The normalized spacial score (nSPS) is 22.1. The molecule has 128 valence electrons. The molecule has 1 saturated carbocycles. The molecule has 22 heavy (non-hydrogen) atoms. The zero-order chi connectivity index (χ0) is 15.3. The van der Waals surface area contributed by atoms with Gasteiger partial charge in [-0.05, 0) is 38.1 Å². The lowest BCUT2D eigenvalue weighted by atomic mass is 9.71. The third kappa shape index (κ3) is 5.13. The molecule has 0 aromatic heterocycles. The summed E-state index contributed by atoms with van der Waals surface area (Å²) < 4.78 is 0. The molecule has 0 aromatic rings. The summed E-state index contributed by atoms with van der Waals surface area (Å²) >= 11 is 0. The second-order valence-electron chi connectivity index (χ2n) is 6.85. The van der Waals surface area contributed by atoms with Gasteiger partial charge in [0, 0.05) is 32.0 Å². The van der Waals surface area contributed by atoms with Gasteiger partial charge in [-0.1, -0.05) is 19.3 Å². The molecule has 2 fully saturated rings. The van der Waals surface area contributed by atoms with Crippen molar-refractivity contribution in [2.24, 2.45) is 11.1 Å². The highest BCUT2D eigenvalue weighted by molar-refractivity contribution is 5.85. The van der Waals surface area contributed by atoms with E-state index in [1.807, 2.05) is 11.8 Å². The second kappa shape index (κ2) is 8.73. The van der Waals surface area contributed by atoms with Crippen LogP contribution in [-0.4, -0.2) is 42.4 Å². The fraction of sp³-hybridized carbons (Fsp3) is 0.875. The van der Waals surface area contributed by atoms with Crippen LogP contribution in [0.15, 0.2) is 0 Å². The quantitative estimate of drug-likeness (QED) is 0.779. The highest BCUT2D eigenvalue weighted by Gasteiger charge is 2.33. The maximum Gasteiger partial charge on any atom is 0.222 e. The molecule has 2 rings (SSSR count). The highest BCUT2D eigenvalue weighted by Crippen LogP contribution is 2.38. The zero-order valence-electron chi connectivity index (χ0n) is 13.6. The van der Waals surface area contributed by atoms with Crippen LogP contribution < -0.4 is 11.1 Å². The Labute approximate surface area is 139 Å². The molecule has 1 aliphatic carbocycles. The van der Waals surface area contributed by atoms with Crippen molar-refractivity contribution < 1.29 is 9.59 Å². The third-order valence-corrected chi connectivity index (χ3v) is 4.96. The molecule has 5 nitrogen and oxygen atoms in total. The summed E-state index contributed by atoms with van der Waals surface area (Å²) in [7, 11) is 0. The van der Waals surface area contributed by atoms with E-state index >= 15 is 0 Å². The summed E-state index contributed by atoms with van der Waals surface area (Å²) in [5, 5.41) is 3.05. The monoisotopic (exact) mass is 331 g/mol. The van der Waals surface area contributed by atoms with Crippen molar-refractivity contribution in [3.63, 3.8) is 0 Å². The number of hydrogen-bond donors (Lipinski definition) is 2. The van der Waals surface area contributed by atoms with E-state index in [1.54, 1.807) is 0 Å². The Hall–Kier alpha value is -0.810. The molecule has 1 heterocycles. The lowest BCUT2D eigenvalue weighted by Gasteiger charge is -2.36. The minimum Gasteiger partial charge on any atom is -0.352 e. The van der Waals surface area contributed by atoms with Crippen molar-refractivity contribution >= 4 is 24.2 Å². The van der Waals surface area contributed by atoms with E-state index in [2.05, 4.69) is 5.32 Å². The number of nitrogens with one attached hydrogen (secondary N) is 1. The van der Waals surface area contributed by atoms with Crippen molar-refractivity contribution in [2.75, 3.05) is 19.6 Å². The molecule has 0 radical (unpaired) electrons. The van der Waals surface area contributed by atoms with Gasteiger partial charge in [-0.15, -0.1) is 12.4 Å². The molecular formula is C16H30ClN3O2. The number of nitrogens with two attached hydrogens (primary N) is 1. The zero-order valence-corrected chi connectivity index (χ0v) is 14.4. The molecule has 1 aliphatic heterocycles. The number of likely N-dealkylation sites (tertiary alicyclic amines) is 1. The molecule has 6 heteroatoms. The maximum atomic E-state index is 12.3. The summed E-state index contributed by atoms with van der Waals surface area (Å²) in [6.45, 7) is 4.02. The molecule has 2 aliphatic rings.